The van der Waals surface area contributed by atoms with Gasteiger partial charge < -0.3 is 14.9 Å². The Labute approximate surface area is 70.5 Å². The minimum Gasteiger partial charge on any atom is -0.478 e. The van der Waals surface area contributed by atoms with Crippen LogP contribution in [0, 0.1) is 0 Å². The molecule has 0 aromatic carbocycles. The summed E-state index contributed by atoms with van der Waals surface area (Å²) in [6, 6.07) is 0. The number of hydrogen-bond donors (Lipinski definition) is 2. The lowest BCUT2D eigenvalue weighted by Crippen LogP contribution is -2.22. The van der Waals surface area contributed by atoms with Crippen LogP contribution in [0.15, 0.2) is 11.6 Å². The monoisotopic (exact) mass is 172 g/mol. The molecular formula is C8H12O4. The SMILES string of the molecule is C.O=C(O)C1=CC(O)[C@H]2O[C@H]2C1. The molecule has 12 heavy (non-hydrogen) atoms. The molecule has 2 rings (SSSR count). The highest BCUT2D eigenvalue weighted by Crippen LogP contribution is 2.36. The van der Waals surface area contributed by atoms with Gasteiger partial charge in [-0.2, -0.15) is 0 Å². The fraction of sp³-hybridized carbons (Fsp3) is 0.625. The normalized spacial score (nSPS) is 37.4. The van der Waals surface area contributed by atoms with Gasteiger partial charge >= 0.3 is 5.97 Å². The zero-order valence-corrected chi connectivity index (χ0v) is 5.73. The second-order valence-electron chi connectivity index (χ2n) is 2.83. The van der Waals surface area contributed by atoms with Crippen molar-refractivity contribution in [1.29, 1.82) is 0 Å². The first kappa shape index (κ1) is 9.22. The number of carboxylic acids is 1. The van der Waals surface area contributed by atoms with E-state index in [4.69, 9.17) is 9.84 Å². The Bertz CT molecular complexity index is 233. The molecule has 2 aliphatic rings. The van der Waals surface area contributed by atoms with Gasteiger partial charge in [-0.05, 0) is 6.08 Å². The van der Waals surface area contributed by atoms with Crippen molar-refractivity contribution in [2.45, 2.75) is 32.2 Å². The number of ether oxygens (including phenoxy) is 1. The summed E-state index contributed by atoms with van der Waals surface area (Å²) in [7, 11) is 0. The molecule has 0 bridgehead atoms. The summed E-state index contributed by atoms with van der Waals surface area (Å²) in [5.74, 6) is -0.960. The Morgan fingerprint density at radius 1 is 1.67 bits per heavy atom. The Kier molecular flexibility index (Phi) is 2.21. The minimum absolute atomic E-state index is 0. The van der Waals surface area contributed by atoms with Gasteiger partial charge in [-0.25, -0.2) is 4.79 Å². The molecule has 1 aliphatic heterocycles. The first-order valence-corrected chi connectivity index (χ1v) is 3.46. The molecule has 0 amide bonds. The molecule has 0 aromatic heterocycles. The lowest BCUT2D eigenvalue weighted by molar-refractivity contribution is -0.133. The number of fused-ring (bicyclic) bond motifs is 1. The van der Waals surface area contributed by atoms with E-state index >= 15 is 0 Å². The third-order valence-electron chi connectivity index (χ3n) is 2.03. The van der Waals surface area contributed by atoms with Crippen LogP contribution >= 0.6 is 0 Å². The quantitative estimate of drug-likeness (QED) is 0.553. The van der Waals surface area contributed by atoms with Crippen LogP contribution in [0.2, 0.25) is 0 Å². The van der Waals surface area contributed by atoms with Crippen LogP contribution in [0.5, 0.6) is 0 Å². The van der Waals surface area contributed by atoms with Crippen LogP contribution < -0.4 is 0 Å². The van der Waals surface area contributed by atoms with E-state index in [0.29, 0.717) is 6.42 Å². The Balaban J connectivity index is 0.000000720. The molecule has 2 N–H and O–H groups in total. The number of rotatable bonds is 1. The minimum atomic E-state index is -0.960. The Morgan fingerprint density at radius 2 is 2.33 bits per heavy atom. The van der Waals surface area contributed by atoms with Crippen LogP contribution in [0.3, 0.4) is 0 Å². The summed E-state index contributed by atoms with van der Waals surface area (Å²) in [5.41, 5.74) is 0.260. The number of aliphatic hydroxyl groups excluding tert-OH is 1. The lowest BCUT2D eigenvalue weighted by atomic mass is 9.98. The molecule has 1 saturated heterocycles. The first-order valence-electron chi connectivity index (χ1n) is 3.46. The lowest BCUT2D eigenvalue weighted by Gasteiger charge is -2.08. The summed E-state index contributed by atoms with van der Waals surface area (Å²) in [6.07, 6.45) is 0.868. The van der Waals surface area contributed by atoms with Crippen molar-refractivity contribution in [3.8, 4) is 0 Å². The fourth-order valence-electron chi connectivity index (χ4n) is 1.37. The van der Waals surface area contributed by atoms with Crippen molar-refractivity contribution in [2.75, 3.05) is 0 Å². The van der Waals surface area contributed by atoms with Crippen molar-refractivity contribution in [3.63, 3.8) is 0 Å². The molecule has 0 saturated carbocycles. The second-order valence-corrected chi connectivity index (χ2v) is 2.83. The maximum Gasteiger partial charge on any atom is 0.331 e. The van der Waals surface area contributed by atoms with E-state index in [-0.39, 0.29) is 25.2 Å². The number of carboxylic acid groups (broad SMARTS) is 1. The predicted octanol–water partition coefficient (Wildman–Crippen LogP) is 0.165. The zero-order valence-electron chi connectivity index (χ0n) is 5.73. The van der Waals surface area contributed by atoms with Crippen molar-refractivity contribution in [2.24, 2.45) is 0 Å². The third-order valence-corrected chi connectivity index (χ3v) is 2.03. The molecule has 0 radical (unpaired) electrons. The van der Waals surface area contributed by atoms with Gasteiger partial charge in [0.1, 0.15) is 12.2 Å². The van der Waals surface area contributed by atoms with Crippen LogP contribution in [0.4, 0.5) is 0 Å². The second kappa shape index (κ2) is 2.88. The summed E-state index contributed by atoms with van der Waals surface area (Å²) in [6.45, 7) is 0. The predicted molar refractivity (Wildman–Crippen MR) is 41.7 cm³/mol. The van der Waals surface area contributed by atoms with E-state index in [0.717, 1.165) is 0 Å². The van der Waals surface area contributed by atoms with Gasteiger partial charge in [0.05, 0.1) is 6.10 Å². The van der Waals surface area contributed by atoms with E-state index in [1.54, 1.807) is 0 Å². The van der Waals surface area contributed by atoms with Gasteiger partial charge in [0.15, 0.2) is 0 Å². The summed E-state index contributed by atoms with van der Waals surface area (Å²) in [5, 5.41) is 17.7. The van der Waals surface area contributed by atoms with Crippen molar-refractivity contribution >= 4 is 5.97 Å². The fourth-order valence-corrected chi connectivity index (χ4v) is 1.37. The molecule has 4 nitrogen and oxygen atoms in total. The van der Waals surface area contributed by atoms with Gasteiger partial charge in [-0.3, -0.25) is 0 Å². The molecule has 1 unspecified atom stereocenters. The van der Waals surface area contributed by atoms with E-state index in [2.05, 4.69) is 0 Å². The molecule has 68 valence electrons. The van der Waals surface area contributed by atoms with Crippen LogP contribution in [0.25, 0.3) is 0 Å². The number of aliphatic carboxylic acids is 1. The third kappa shape index (κ3) is 1.35. The summed E-state index contributed by atoms with van der Waals surface area (Å²) < 4.78 is 5.01. The molecule has 0 spiro atoms. The number of hydrogen-bond acceptors (Lipinski definition) is 3. The van der Waals surface area contributed by atoms with Gasteiger partial charge in [-0.1, -0.05) is 7.43 Å². The highest BCUT2D eigenvalue weighted by molar-refractivity contribution is 5.87. The van der Waals surface area contributed by atoms with Crippen molar-refractivity contribution < 1.29 is 19.7 Å². The molecule has 4 heteroatoms. The molecule has 3 atom stereocenters. The first-order chi connectivity index (χ1) is 5.18. The largest absolute Gasteiger partial charge is 0.478 e. The highest BCUT2D eigenvalue weighted by atomic mass is 16.6. The molecule has 0 aromatic rings. The highest BCUT2D eigenvalue weighted by Gasteiger charge is 2.47. The van der Waals surface area contributed by atoms with E-state index in [9.17, 15) is 9.90 Å². The molecule has 1 aliphatic carbocycles. The number of carbonyl (C=O) groups is 1. The average Bonchev–Trinajstić information content (AvgIpc) is 2.66. The van der Waals surface area contributed by atoms with Gasteiger partial charge in [-0.15, -0.1) is 0 Å². The molecular weight excluding hydrogens is 160 g/mol. The Hall–Kier alpha value is -0.870. The standard InChI is InChI=1S/C7H8O4.CH4/c8-4-1-3(7(9)10)2-5-6(4)11-5;/h1,4-6,8H,2H2,(H,9,10);1H4/t4?,5-,6+;/m0./s1. The van der Waals surface area contributed by atoms with Gasteiger partial charge in [0.25, 0.3) is 0 Å². The van der Waals surface area contributed by atoms with E-state index < -0.39 is 12.1 Å². The molecule has 1 fully saturated rings. The van der Waals surface area contributed by atoms with Crippen molar-refractivity contribution in [3.05, 3.63) is 11.6 Å². The smallest absolute Gasteiger partial charge is 0.331 e. The van der Waals surface area contributed by atoms with Crippen LogP contribution in [-0.2, 0) is 9.53 Å². The Morgan fingerprint density at radius 3 is 2.83 bits per heavy atom. The topological polar surface area (TPSA) is 70.1 Å². The van der Waals surface area contributed by atoms with Crippen molar-refractivity contribution in [1.82, 2.24) is 0 Å². The van der Waals surface area contributed by atoms with Crippen LogP contribution in [-0.4, -0.2) is 34.5 Å². The summed E-state index contributed by atoms with van der Waals surface area (Å²) >= 11 is 0. The average molecular weight is 172 g/mol. The van der Waals surface area contributed by atoms with Gasteiger partial charge in [0, 0.05) is 12.0 Å². The maximum atomic E-state index is 10.4. The summed E-state index contributed by atoms with van der Waals surface area (Å²) in [4.78, 5) is 10.4. The number of aliphatic hydroxyl groups is 1. The maximum absolute atomic E-state index is 10.4. The van der Waals surface area contributed by atoms with E-state index in [1.165, 1.54) is 6.08 Å². The zero-order chi connectivity index (χ0) is 8.01. The van der Waals surface area contributed by atoms with E-state index in [1.807, 2.05) is 0 Å². The number of epoxide rings is 1. The van der Waals surface area contributed by atoms with Gasteiger partial charge in [0.2, 0.25) is 0 Å². The molecule has 1 heterocycles. The van der Waals surface area contributed by atoms with Crippen LogP contribution in [0.1, 0.15) is 13.8 Å².